The molecular weight excluding hydrogens is 168 g/mol. The fraction of sp³-hybridized carbons (Fsp3) is 0.571. The fourth-order valence-corrected chi connectivity index (χ4v) is 0.911. The van der Waals surface area contributed by atoms with Crippen molar-refractivity contribution in [3.8, 4) is 0 Å². The molecule has 0 unspecified atom stereocenters. The highest BCUT2D eigenvalue weighted by molar-refractivity contribution is 5.22. The van der Waals surface area contributed by atoms with Crippen LogP contribution in [0.5, 0.6) is 0 Å². The van der Waals surface area contributed by atoms with E-state index in [-0.39, 0.29) is 7.43 Å². The third-order valence-electron chi connectivity index (χ3n) is 1.53. The second-order valence-corrected chi connectivity index (χ2v) is 2.86. The number of hydrogen-bond donors (Lipinski definition) is 0. The number of hydrogen-bond acceptors (Lipinski definition) is 0. The number of rotatable bonds is 4. The maximum absolute atomic E-state index is 3.64. The van der Waals surface area contributed by atoms with Gasteiger partial charge in [-0.3, -0.25) is 0 Å². The van der Waals surface area contributed by atoms with Crippen molar-refractivity contribution in [3.05, 3.63) is 36.5 Å². The van der Waals surface area contributed by atoms with Gasteiger partial charge in [0.25, 0.3) is 0 Å². The molecule has 0 spiro atoms. The molecule has 0 aromatic heterocycles. The van der Waals surface area contributed by atoms with Gasteiger partial charge in [0.15, 0.2) is 0 Å². The molecule has 0 rings (SSSR count). The van der Waals surface area contributed by atoms with E-state index >= 15 is 0 Å². The Labute approximate surface area is 91.4 Å². The normalized spacial score (nSPS) is 10.6. The van der Waals surface area contributed by atoms with Gasteiger partial charge in [0, 0.05) is 0 Å². The first-order valence-electron chi connectivity index (χ1n) is 5.21. The maximum Gasteiger partial charge on any atom is -0.0222 e. The molecule has 0 heterocycles. The Hall–Kier alpha value is -0.780. The second kappa shape index (κ2) is 14.7. The molecule has 0 aliphatic rings. The van der Waals surface area contributed by atoms with E-state index < -0.39 is 0 Å². The van der Waals surface area contributed by atoms with Gasteiger partial charge in [-0.15, -0.1) is 0 Å². The van der Waals surface area contributed by atoms with E-state index in [0.717, 1.165) is 6.42 Å². The molecule has 84 valence electrons. The highest BCUT2D eigenvalue weighted by Crippen LogP contribution is 2.11. The molecular formula is C14H28. The lowest BCUT2D eigenvalue weighted by Crippen LogP contribution is -1.89. The predicted molar refractivity (Wildman–Crippen MR) is 70.6 cm³/mol. The van der Waals surface area contributed by atoms with Crippen LogP contribution in [0.3, 0.4) is 0 Å². The van der Waals surface area contributed by atoms with Gasteiger partial charge in [0.1, 0.15) is 0 Å². The first kappa shape index (κ1) is 18.9. The summed E-state index contributed by atoms with van der Waals surface area (Å²) in [7, 11) is 0. The first-order chi connectivity index (χ1) is 6.22. The van der Waals surface area contributed by atoms with Gasteiger partial charge in [-0.1, -0.05) is 72.9 Å². The topological polar surface area (TPSA) is 0 Å². The van der Waals surface area contributed by atoms with Crippen LogP contribution in [0.25, 0.3) is 0 Å². The summed E-state index contributed by atoms with van der Waals surface area (Å²) in [5.41, 5.74) is 1.40. The highest BCUT2D eigenvalue weighted by atomic mass is 14.0. The smallest absolute Gasteiger partial charge is 0.0222 e. The van der Waals surface area contributed by atoms with Gasteiger partial charge in [0.05, 0.1) is 0 Å². The van der Waals surface area contributed by atoms with Crippen molar-refractivity contribution in [1.29, 1.82) is 0 Å². The van der Waals surface area contributed by atoms with Crippen LogP contribution in [-0.2, 0) is 0 Å². The molecule has 0 atom stereocenters. The van der Waals surface area contributed by atoms with Crippen LogP contribution < -0.4 is 0 Å². The van der Waals surface area contributed by atoms with Gasteiger partial charge in [-0.05, 0) is 17.9 Å². The first-order valence-corrected chi connectivity index (χ1v) is 5.21. The maximum atomic E-state index is 3.64. The highest BCUT2D eigenvalue weighted by Gasteiger charge is 1.95. The summed E-state index contributed by atoms with van der Waals surface area (Å²) < 4.78 is 0. The van der Waals surface area contributed by atoms with Crippen LogP contribution in [-0.4, -0.2) is 0 Å². The molecule has 0 aromatic rings. The zero-order valence-electron chi connectivity index (χ0n) is 9.80. The summed E-state index contributed by atoms with van der Waals surface area (Å²) in [5.74, 6) is 0.617. The van der Waals surface area contributed by atoms with E-state index in [9.17, 15) is 0 Å². The van der Waals surface area contributed by atoms with Crippen LogP contribution >= 0.6 is 0 Å². The lowest BCUT2D eigenvalue weighted by atomic mass is 10.0. The van der Waals surface area contributed by atoms with E-state index in [0.29, 0.717) is 5.92 Å². The quantitative estimate of drug-likeness (QED) is 0.529. The van der Waals surface area contributed by atoms with E-state index in [2.05, 4.69) is 39.5 Å². The van der Waals surface area contributed by atoms with Crippen LogP contribution in [0.4, 0.5) is 0 Å². The second-order valence-electron chi connectivity index (χ2n) is 2.86. The summed E-state index contributed by atoms with van der Waals surface area (Å²) in [4.78, 5) is 0. The molecule has 0 fully saturated rings. The molecule has 0 N–H and O–H groups in total. The third-order valence-corrected chi connectivity index (χ3v) is 1.53. The zero-order valence-corrected chi connectivity index (χ0v) is 9.80. The number of allylic oxidation sites excluding steroid dienone is 5. The van der Waals surface area contributed by atoms with Crippen LogP contribution in [0.2, 0.25) is 0 Å². The zero-order chi connectivity index (χ0) is 10.7. The van der Waals surface area contributed by atoms with E-state index in [1.165, 1.54) is 5.57 Å². The van der Waals surface area contributed by atoms with Crippen molar-refractivity contribution in [2.75, 3.05) is 0 Å². The van der Waals surface area contributed by atoms with E-state index in [4.69, 9.17) is 0 Å². The fourth-order valence-electron chi connectivity index (χ4n) is 0.911. The Morgan fingerprint density at radius 1 is 1.29 bits per heavy atom. The molecule has 0 aliphatic carbocycles. The van der Waals surface area contributed by atoms with E-state index in [1.807, 2.05) is 26.0 Å². The lowest BCUT2D eigenvalue weighted by molar-refractivity contribution is 0.785. The SMILES string of the molecule is C.C=C/C=C\C(=C/CC)C(C)C.CC. The molecule has 0 saturated carbocycles. The monoisotopic (exact) mass is 196 g/mol. The van der Waals surface area contributed by atoms with E-state index in [1.54, 1.807) is 0 Å². The Bertz CT molecular complexity index is 159. The van der Waals surface area contributed by atoms with Gasteiger partial charge < -0.3 is 0 Å². The Morgan fingerprint density at radius 3 is 2.07 bits per heavy atom. The average molecular weight is 196 g/mol. The summed E-state index contributed by atoms with van der Waals surface area (Å²) in [6, 6.07) is 0. The van der Waals surface area contributed by atoms with Crippen molar-refractivity contribution in [2.45, 2.75) is 48.5 Å². The summed E-state index contributed by atoms with van der Waals surface area (Å²) in [6.45, 7) is 14.2. The molecule has 0 radical (unpaired) electrons. The predicted octanol–water partition coefficient (Wildman–Crippen LogP) is 5.38. The molecule has 0 nitrogen and oxygen atoms in total. The Morgan fingerprint density at radius 2 is 1.79 bits per heavy atom. The minimum atomic E-state index is 0. The van der Waals surface area contributed by atoms with Crippen molar-refractivity contribution in [1.82, 2.24) is 0 Å². The van der Waals surface area contributed by atoms with Crippen LogP contribution in [0.1, 0.15) is 48.5 Å². The summed E-state index contributed by atoms with van der Waals surface area (Å²) in [6.07, 6.45) is 9.29. The van der Waals surface area contributed by atoms with Gasteiger partial charge in [-0.25, -0.2) is 0 Å². The summed E-state index contributed by atoms with van der Waals surface area (Å²) >= 11 is 0. The molecule has 0 aliphatic heterocycles. The molecule has 0 heteroatoms. The van der Waals surface area contributed by atoms with Crippen molar-refractivity contribution in [3.63, 3.8) is 0 Å². The minimum absolute atomic E-state index is 0. The average Bonchev–Trinajstić information content (AvgIpc) is 2.15. The lowest BCUT2D eigenvalue weighted by Gasteiger charge is -2.04. The van der Waals surface area contributed by atoms with Crippen LogP contribution in [0, 0.1) is 5.92 Å². The van der Waals surface area contributed by atoms with Crippen LogP contribution in [0.15, 0.2) is 36.5 Å². The summed E-state index contributed by atoms with van der Waals surface area (Å²) in [5, 5.41) is 0. The molecule has 0 amide bonds. The van der Waals surface area contributed by atoms with Crippen molar-refractivity contribution >= 4 is 0 Å². The molecule has 14 heavy (non-hydrogen) atoms. The Balaban J connectivity index is -0.000000376. The van der Waals surface area contributed by atoms with Gasteiger partial charge >= 0.3 is 0 Å². The molecule has 0 bridgehead atoms. The van der Waals surface area contributed by atoms with Gasteiger partial charge in [0.2, 0.25) is 0 Å². The minimum Gasteiger partial charge on any atom is -0.0991 e. The molecule has 0 saturated heterocycles. The molecule has 0 aromatic carbocycles. The Kier molecular flexibility index (Phi) is 19.9. The third kappa shape index (κ3) is 11.2. The standard InChI is InChI=1S/C11H18.C2H6.CH4/c1-5-7-9-11(8-6-2)10(3)4;1-2;/h5,7-10H,1,6H2,2-4H3;1-2H3;1H4/b9-7-,11-8+;;. The largest absolute Gasteiger partial charge is 0.0991 e. The van der Waals surface area contributed by atoms with Gasteiger partial charge in [-0.2, -0.15) is 0 Å². The van der Waals surface area contributed by atoms with Crippen molar-refractivity contribution in [2.24, 2.45) is 5.92 Å². The van der Waals surface area contributed by atoms with Crippen molar-refractivity contribution < 1.29 is 0 Å².